The minimum Gasteiger partial charge on any atom is -0.347 e. The van der Waals surface area contributed by atoms with Crippen LogP contribution in [0.5, 0.6) is 0 Å². The first-order chi connectivity index (χ1) is 8.55. The van der Waals surface area contributed by atoms with Crippen LogP contribution in [0.25, 0.3) is 10.9 Å². The minimum atomic E-state index is -0.283. The first kappa shape index (κ1) is 11.8. The molecule has 1 aliphatic carbocycles. The lowest BCUT2D eigenvalue weighted by Crippen LogP contribution is -2.29. The summed E-state index contributed by atoms with van der Waals surface area (Å²) < 4.78 is 2.41. The average molecular weight is 242 g/mol. The second-order valence-corrected chi connectivity index (χ2v) is 6.23. The van der Waals surface area contributed by atoms with Crippen LogP contribution in [0.2, 0.25) is 0 Å². The van der Waals surface area contributed by atoms with Crippen molar-refractivity contribution in [2.24, 2.45) is 11.7 Å². The van der Waals surface area contributed by atoms with Crippen LogP contribution in [0.1, 0.15) is 38.7 Å². The van der Waals surface area contributed by atoms with Gasteiger partial charge in [-0.2, -0.15) is 0 Å². The Morgan fingerprint density at radius 1 is 1.28 bits per heavy atom. The lowest BCUT2D eigenvalue weighted by Gasteiger charge is -2.28. The van der Waals surface area contributed by atoms with E-state index >= 15 is 0 Å². The molecule has 0 atom stereocenters. The molecule has 1 aromatic carbocycles. The molecular weight excluding hydrogens is 220 g/mol. The van der Waals surface area contributed by atoms with Gasteiger partial charge in [-0.05, 0) is 49.6 Å². The van der Waals surface area contributed by atoms with Gasteiger partial charge >= 0.3 is 0 Å². The number of rotatable bonds is 3. The van der Waals surface area contributed by atoms with E-state index in [-0.39, 0.29) is 5.54 Å². The highest BCUT2D eigenvalue weighted by molar-refractivity contribution is 5.84. The van der Waals surface area contributed by atoms with Gasteiger partial charge < -0.3 is 10.3 Å². The molecular formula is C16H22N2. The molecule has 1 heterocycles. The molecule has 0 aliphatic heterocycles. The van der Waals surface area contributed by atoms with Gasteiger partial charge in [0.1, 0.15) is 0 Å². The topological polar surface area (TPSA) is 30.9 Å². The maximum Gasteiger partial charge on any atom is 0.0531 e. The number of nitrogens with two attached hydrogens (primary N) is 1. The van der Waals surface area contributed by atoms with Gasteiger partial charge in [0, 0.05) is 18.3 Å². The van der Waals surface area contributed by atoms with Crippen LogP contribution in [0, 0.1) is 5.92 Å². The molecule has 0 saturated heterocycles. The maximum absolute atomic E-state index is 6.31. The lowest BCUT2D eigenvalue weighted by atomic mass is 9.85. The Kier molecular flexibility index (Phi) is 2.70. The number of benzene rings is 1. The summed E-state index contributed by atoms with van der Waals surface area (Å²) in [6.45, 7) is 5.32. The standard InChI is InChI=1S/C16H22N2/c1-16(2,17)14-8-4-7-13-9-10-18(15(13)14)11-12-5-3-6-12/h4,7-10,12H,3,5-6,11,17H2,1-2H3. The second kappa shape index (κ2) is 4.13. The van der Waals surface area contributed by atoms with E-state index in [0.717, 1.165) is 12.5 Å². The zero-order valence-electron chi connectivity index (χ0n) is 11.3. The first-order valence-corrected chi connectivity index (χ1v) is 6.93. The molecule has 0 spiro atoms. The van der Waals surface area contributed by atoms with Gasteiger partial charge in [0.15, 0.2) is 0 Å². The number of fused-ring (bicyclic) bond motifs is 1. The predicted molar refractivity (Wildman–Crippen MR) is 76.5 cm³/mol. The van der Waals surface area contributed by atoms with Crippen molar-refractivity contribution in [3.8, 4) is 0 Å². The Bertz CT molecular complexity index is 556. The summed E-state index contributed by atoms with van der Waals surface area (Å²) >= 11 is 0. The van der Waals surface area contributed by atoms with Crippen molar-refractivity contribution in [1.82, 2.24) is 4.57 Å². The van der Waals surface area contributed by atoms with Crippen LogP contribution in [0.15, 0.2) is 30.5 Å². The van der Waals surface area contributed by atoms with Crippen LogP contribution in [0.3, 0.4) is 0 Å². The van der Waals surface area contributed by atoms with Crippen LogP contribution < -0.4 is 5.73 Å². The van der Waals surface area contributed by atoms with Crippen molar-refractivity contribution >= 4 is 10.9 Å². The Labute approximate surface area is 109 Å². The fourth-order valence-corrected chi connectivity index (χ4v) is 2.89. The zero-order valence-corrected chi connectivity index (χ0v) is 11.3. The van der Waals surface area contributed by atoms with Gasteiger partial charge in [0.25, 0.3) is 0 Å². The molecule has 2 nitrogen and oxygen atoms in total. The Morgan fingerprint density at radius 3 is 2.67 bits per heavy atom. The molecule has 1 fully saturated rings. The molecule has 96 valence electrons. The maximum atomic E-state index is 6.31. The van der Waals surface area contributed by atoms with E-state index in [4.69, 9.17) is 5.73 Å². The number of hydrogen-bond donors (Lipinski definition) is 1. The number of aromatic nitrogens is 1. The molecule has 2 N–H and O–H groups in total. The monoisotopic (exact) mass is 242 g/mol. The molecule has 3 rings (SSSR count). The summed E-state index contributed by atoms with van der Waals surface area (Å²) in [5, 5.41) is 1.31. The normalized spacial score (nSPS) is 17.1. The Morgan fingerprint density at radius 2 is 2.06 bits per heavy atom. The van der Waals surface area contributed by atoms with Crippen molar-refractivity contribution in [1.29, 1.82) is 0 Å². The van der Waals surface area contributed by atoms with Crippen molar-refractivity contribution in [3.05, 3.63) is 36.0 Å². The van der Waals surface area contributed by atoms with E-state index in [1.54, 1.807) is 0 Å². The molecule has 1 saturated carbocycles. The number of para-hydroxylation sites is 1. The van der Waals surface area contributed by atoms with Gasteiger partial charge in [0.2, 0.25) is 0 Å². The summed E-state index contributed by atoms with van der Waals surface area (Å²) in [6.07, 6.45) is 6.39. The third kappa shape index (κ3) is 1.95. The van der Waals surface area contributed by atoms with Gasteiger partial charge in [-0.3, -0.25) is 0 Å². The van der Waals surface area contributed by atoms with Gasteiger partial charge in [-0.1, -0.05) is 24.6 Å². The molecule has 2 aromatic rings. The third-order valence-corrected chi connectivity index (χ3v) is 4.16. The Balaban J connectivity index is 2.08. The molecule has 0 radical (unpaired) electrons. The summed E-state index contributed by atoms with van der Waals surface area (Å²) in [5.41, 5.74) is 8.62. The molecule has 18 heavy (non-hydrogen) atoms. The van der Waals surface area contributed by atoms with E-state index in [2.05, 4.69) is 48.9 Å². The summed E-state index contributed by atoms with van der Waals surface area (Å²) in [6, 6.07) is 8.67. The largest absolute Gasteiger partial charge is 0.347 e. The van der Waals surface area contributed by atoms with Gasteiger partial charge in [0.05, 0.1) is 5.52 Å². The summed E-state index contributed by atoms with van der Waals surface area (Å²) in [4.78, 5) is 0. The number of nitrogens with zero attached hydrogens (tertiary/aromatic N) is 1. The van der Waals surface area contributed by atoms with E-state index in [9.17, 15) is 0 Å². The molecule has 1 aromatic heterocycles. The van der Waals surface area contributed by atoms with E-state index < -0.39 is 0 Å². The highest BCUT2D eigenvalue weighted by Gasteiger charge is 2.22. The van der Waals surface area contributed by atoms with Gasteiger partial charge in [-0.15, -0.1) is 0 Å². The van der Waals surface area contributed by atoms with Crippen LogP contribution in [-0.4, -0.2) is 4.57 Å². The molecule has 0 bridgehead atoms. The number of hydrogen-bond acceptors (Lipinski definition) is 1. The van der Waals surface area contributed by atoms with Crippen molar-refractivity contribution in [3.63, 3.8) is 0 Å². The van der Waals surface area contributed by atoms with Crippen molar-refractivity contribution in [2.45, 2.75) is 45.2 Å². The third-order valence-electron chi connectivity index (χ3n) is 4.16. The van der Waals surface area contributed by atoms with E-state index in [1.165, 1.54) is 35.7 Å². The van der Waals surface area contributed by atoms with Gasteiger partial charge in [-0.25, -0.2) is 0 Å². The zero-order chi connectivity index (χ0) is 12.8. The fourth-order valence-electron chi connectivity index (χ4n) is 2.89. The van der Waals surface area contributed by atoms with E-state index in [1.807, 2.05) is 0 Å². The van der Waals surface area contributed by atoms with Crippen molar-refractivity contribution < 1.29 is 0 Å². The molecule has 0 unspecified atom stereocenters. The highest BCUT2D eigenvalue weighted by atomic mass is 15.0. The lowest BCUT2D eigenvalue weighted by molar-refractivity contribution is 0.279. The first-order valence-electron chi connectivity index (χ1n) is 6.93. The SMILES string of the molecule is CC(C)(N)c1cccc2ccn(CC3CCC3)c12. The predicted octanol–water partition coefficient (Wildman–Crippen LogP) is 3.64. The second-order valence-electron chi connectivity index (χ2n) is 6.23. The van der Waals surface area contributed by atoms with Crippen molar-refractivity contribution in [2.75, 3.05) is 0 Å². The highest BCUT2D eigenvalue weighted by Crippen LogP contribution is 2.32. The smallest absolute Gasteiger partial charge is 0.0531 e. The fraction of sp³-hybridized carbons (Fsp3) is 0.500. The quantitative estimate of drug-likeness (QED) is 0.875. The summed E-state index contributed by atoms with van der Waals surface area (Å²) in [7, 11) is 0. The summed E-state index contributed by atoms with van der Waals surface area (Å²) in [5.74, 6) is 0.870. The Hall–Kier alpha value is -1.28. The average Bonchev–Trinajstić information content (AvgIpc) is 2.65. The minimum absolute atomic E-state index is 0.283. The molecule has 1 aliphatic rings. The van der Waals surface area contributed by atoms with Crippen LogP contribution >= 0.6 is 0 Å². The molecule has 2 heteroatoms. The molecule has 0 amide bonds. The van der Waals surface area contributed by atoms with E-state index in [0.29, 0.717) is 0 Å². The van der Waals surface area contributed by atoms with Crippen LogP contribution in [-0.2, 0) is 12.1 Å². The van der Waals surface area contributed by atoms with Crippen LogP contribution in [0.4, 0.5) is 0 Å².